The lowest BCUT2D eigenvalue weighted by atomic mass is 9.92. The molecule has 5 heteroatoms. The summed E-state index contributed by atoms with van der Waals surface area (Å²) in [5.41, 5.74) is 7.79. The zero-order valence-electron chi connectivity index (χ0n) is 14.6. The minimum atomic E-state index is -0.377. The van der Waals surface area contributed by atoms with Crippen molar-refractivity contribution in [1.82, 2.24) is 0 Å². The molecule has 0 aliphatic rings. The second-order valence-electron chi connectivity index (χ2n) is 5.63. The lowest BCUT2D eigenvalue weighted by molar-refractivity contribution is 0.355. The first-order valence-corrected chi connectivity index (χ1v) is 7.85. The van der Waals surface area contributed by atoms with Crippen molar-refractivity contribution >= 4 is 0 Å². The highest BCUT2D eigenvalue weighted by atomic mass is 19.1. The van der Waals surface area contributed by atoms with Gasteiger partial charge in [-0.2, -0.15) is 0 Å². The number of halogens is 1. The van der Waals surface area contributed by atoms with Gasteiger partial charge < -0.3 is 19.9 Å². The molecule has 0 amide bonds. The number of hydrogen-bond donors (Lipinski definition) is 1. The number of ether oxygens (including phenoxy) is 3. The van der Waals surface area contributed by atoms with E-state index in [1.807, 2.05) is 12.1 Å². The summed E-state index contributed by atoms with van der Waals surface area (Å²) in [4.78, 5) is 0. The highest BCUT2D eigenvalue weighted by molar-refractivity contribution is 5.76. The summed E-state index contributed by atoms with van der Waals surface area (Å²) in [7, 11) is 4.63. The van der Waals surface area contributed by atoms with E-state index in [-0.39, 0.29) is 11.7 Å². The number of benzene rings is 2. The monoisotopic (exact) mass is 333 g/mol. The van der Waals surface area contributed by atoms with E-state index < -0.39 is 0 Å². The number of rotatable bonds is 7. The van der Waals surface area contributed by atoms with Crippen LogP contribution < -0.4 is 19.9 Å². The van der Waals surface area contributed by atoms with Crippen molar-refractivity contribution in [3.63, 3.8) is 0 Å². The standard InChI is InChI=1S/C19H24FNO3/c1-12(7-8-21)13-9-16(19(24-4)18(10-13)23-3)15-6-5-14(22-2)11-17(15)20/h5-6,9-12H,7-8,21H2,1-4H3. The van der Waals surface area contributed by atoms with E-state index in [1.54, 1.807) is 26.4 Å². The third-order valence-corrected chi connectivity index (χ3v) is 4.14. The molecule has 0 heterocycles. The van der Waals surface area contributed by atoms with Crippen molar-refractivity contribution in [1.29, 1.82) is 0 Å². The summed E-state index contributed by atoms with van der Waals surface area (Å²) in [5, 5.41) is 0. The van der Waals surface area contributed by atoms with E-state index in [4.69, 9.17) is 19.9 Å². The topological polar surface area (TPSA) is 53.7 Å². The fourth-order valence-corrected chi connectivity index (χ4v) is 2.73. The predicted molar refractivity (Wildman–Crippen MR) is 93.6 cm³/mol. The van der Waals surface area contributed by atoms with Gasteiger partial charge in [0.2, 0.25) is 0 Å². The fraction of sp³-hybridized carbons (Fsp3) is 0.368. The molecule has 2 rings (SSSR count). The van der Waals surface area contributed by atoms with Gasteiger partial charge in [0, 0.05) is 17.2 Å². The summed E-state index contributed by atoms with van der Waals surface area (Å²) >= 11 is 0. The molecule has 1 atom stereocenters. The first kappa shape index (κ1) is 18.1. The van der Waals surface area contributed by atoms with E-state index in [2.05, 4.69) is 6.92 Å². The van der Waals surface area contributed by atoms with E-state index >= 15 is 0 Å². The van der Waals surface area contributed by atoms with Crippen LogP contribution in [-0.4, -0.2) is 27.9 Å². The first-order valence-electron chi connectivity index (χ1n) is 7.85. The van der Waals surface area contributed by atoms with Crippen molar-refractivity contribution in [2.45, 2.75) is 19.3 Å². The highest BCUT2D eigenvalue weighted by Gasteiger charge is 2.19. The van der Waals surface area contributed by atoms with Crippen molar-refractivity contribution in [3.8, 4) is 28.4 Å². The van der Waals surface area contributed by atoms with Crippen LogP contribution in [0, 0.1) is 5.82 Å². The average molecular weight is 333 g/mol. The Kier molecular flexibility index (Phi) is 6.04. The maximum atomic E-state index is 14.6. The van der Waals surface area contributed by atoms with Gasteiger partial charge in [0.05, 0.1) is 21.3 Å². The van der Waals surface area contributed by atoms with Crippen LogP contribution in [-0.2, 0) is 0 Å². The molecular weight excluding hydrogens is 309 g/mol. The molecule has 0 aromatic heterocycles. The van der Waals surface area contributed by atoms with Crippen molar-refractivity contribution in [2.75, 3.05) is 27.9 Å². The van der Waals surface area contributed by atoms with Gasteiger partial charge in [0.25, 0.3) is 0 Å². The van der Waals surface area contributed by atoms with Gasteiger partial charge in [0.15, 0.2) is 11.5 Å². The van der Waals surface area contributed by atoms with Crippen LogP contribution in [0.1, 0.15) is 24.8 Å². The minimum absolute atomic E-state index is 0.231. The van der Waals surface area contributed by atoms with Crippen LogP contribution in [0.5, 0.6) is 17.2 Å². The Morgan fingerprint density at radius 3 is 2.29 bits per heavy atom. The molecule has 0 saturated carbocycles. The Hall–Kier alpha value is -2.27. The molecule has 130 valence electrons. The molecule has 4 nitrogen and oxygen atoms in total. The third kappa shape index (κ3) is 3.62. The molecule has 2 aromatic carbocycles. The Balaban J connectivity index is 2.64. The molecule has 0 bridgehead atoms. The molecular formula is C19H24FNO3. The average Bonchev–Trinajstić information content (AvgIpc) is 2.60. The van der Waals surface area contributed by atoms with E-state index in [1.165, 1.54) is 13.2 Å². The van der Waals surface area contributed by atoms with Crippen molar-refractivity contribution < 1.29 is 18.6 Å². The van der Waals surface area contributed by atoms with Gasteiger partial charge in [-0.15, -0.1) is 0 Å². The maximum absolute atomic E-state index is 14.6. The number of nitrogens with two attached hydrogens (primary N) is 1. The quantitative estimate of drug-likeness (QED) is 0.833. The van der Waals surface area contributed by atoms with Crippen molar-refractivity contribution in [2.24, 2.45) is 5.73 Å². The fourth-order valence-electron chi connectivity index (χ4n) is 2.73. The second kappa shape index (κ2) is 8.02. The highest BCUT2D eigenvalue weighted by Crippen LogP contribution is 2.42. The SMILES string of the molecule is COc1ccc(-c2cc(C(C)CCN)cc(OC)c2OC)c(F)c1. The van der Waals surface area contributed by atoms with Crippen LogP contribution in [0.4, 0.5) is 4.39 Å². The molecule has 0 saturated heterocycles. The predicted octanol–water partition coefficient (Wildman–Crippen LogP) is 3.97. The third-order valence-electron chi connectivity index (χ3n) is 4.14. The van der Waals surface area contributed by atoms with Crippen LogP contribution in [0.2, 0.25) is 0 Å². The van der Waals surface area contributed by atoms with Gasteiger partial charge in [-0.25, -0.2) is 4.39 Å². The normalized spacial score (nSPS) is 11.9. The summed E-state index contributed by atoms with van der Waals surface area (Å²) < 4.78 is 30.6. The van der Waals surface area contributed by atoms with E-state index in [9.17, 15) is 4.39 Å². The summed E-state index contributed by atoms with van der Waals surface area (Å²) in [6.45, 7) is 2.67. The zero-order chi connectivity index (χ0) is 17.7. The first-order chi connectivity index (χ1) is 11.5. The number of methoxy groups -OCH3 is 3. The molecule has 0 aliphatic carbocycles. The van der Waals surface area contributed by atoms with Crippen LogP contribution in [0.25, 0.3) is 11.1 Å². The molecule has 0 spiro atoms. The van der Waals surface area contributed by atoms with Crippen molar-refractivity contribution in [3.05, 3.63) is 41.7 Å². The number of hydrogen-bond acceptors (Lipinski definition) is 4. The summed E-state index contributed by atoms with van der Waals surface area (Å²) in [6.07, 6.45) is 0.833. The minimum Gasteiger partial charge on any atom is -0.497 e. The molecule has 1 unspecified atom stereocenters. The summed E-state index contributed by atoms with van der Waals surface area (Å²) in [6, 6.07) is 8.62. The lowest BCUT2D eigenvalue weighted by Gasteiger charge is -2.19. The van der Waals surface area contributed by atoms with Crippen LogP contribution in [0.15, 0.2) is 30.3 Å². The maximum Gasteiger partial charge on any atom is 0.168 e. The molecule has 2 aromatic rings. The lowest BCUT2D eigenvalue weighted by Crippen LogP contribution is -2.06. The van der Waals surface area contributed by atoms with E-state index in [0.717, 1.165) is 12.0 Å². The smallest absolute Gasteiger partial charge is 0.168 e. The molecule has 0 aliphatic heterocycles. The summed E-state index contributed by atoms with van der Waals surface area (Å²) in [5.74, 6) is 1.40. The molecule has 0 fully saturated rings. The Bertz CT molecular complexity index is 703. The van der Waals surface area contributed by atoms with Gasteiger partial charge in [-0.3, -0.25) is 0 Å². The van der Waals surface area contributed by atoms with Gasteiger partial charge in [0.1, 0.15) is 11.6 Å². The molecule has 24 heavy (non-hydrogen) atoms. The second-order valence-corrected chi connectivity index (χ2v) is 5.63. The van der Waals surface area contributed by atoms with E-state index in [0.29, 0.717) is 34.9 Å². The Morgan fingerprint density at radius 1 is 1.00 bits per heavy atom. The van der Waals surface area contributed by atoms with Gasteiger partial charge >= 0.3 is 0 Å². The molecule has 0 radical (unpaired) electrons. The molecule has 2 N–H and O–H groups in total. The Labute approximate surface area is 142 Å². The zero-order valence-corrected chi connectivity index (χ0v) is 14.6. The van der Waals surface area contributed by atoms with Crippen LogP contribution in [0.3, 0.4) is 0 Å². The van der Waals surface area contributed by atoms with Gasteiger partial charge in [-0.1, -0.05) is 6.92 Å². The van der Waals surface area contributed by atoms with Gasteiger partial charge in [-0.05, 0) is 48.7 Å². The largest absolute Gasteiger partial charge is 0.497 e. The Morgan fingerprint density at radius 2 is 1.75 bits per heavy atom. The van der Waals surface area contributed by atoms with Crippen LogP contribution >= 0.6 is 0 Å².